The van der Waals surface area contributed by atoms with E-state index in [0.717, 1.165) is 5.56 Å². The quantitative estimate of drug-likeness (QED) is 0.331. The zero-order chi connectivity index (χ0) is 28.0. The Labute approximate surface area is 234 Å². The van der Waals surface area contributed by atoms with Gasteiger partial charge in [-0.2, -0.15) is 0 Å². The fourth-order valence-electron chi connectivity index (χ4n) is 6.16. The molecule has 1 amide bonds. The van der Waals surface area contributed by atoms with Gasteiger partial charge in [-0.1, -0.05) is 63.0 Å². The highest BCUT2D eigenvalue weighted by Crippen LogP contribution is 2.57. The molecule has 0 unspecified atom stereocenters. The smallest absolute Gasteiger partial charge is 0.237 e. The van der Waals surface area contributed by atoms with E-state index in [0.29, 0.717) is 42.0 Å². The summed E-state index contributed by atoms with van der Waals surface area (Å²) < 4.78 is 15.0. The number of carbonyl (C=O) groups excluding carboxylic acids is 2. The summed E-state index contributed by atoms with van der Waals surface area (Å²) in [5.74, 6) is -1.58. The maximum Gasteiger partial charge on any atom is 0.237 e. The van der Waals surface area contributed by atoms with Crippen LogP contribution in [-0.4, -0.2) is 34.5 Å². The molecule has 5 atom stereocenters. The lowest BCUT2D eigenvalue weighted by molar-refractivity contribution is -0.122. The maximum absolute atomic E-state index is 15.0. The number of hydrogen-bond acceptors (Lipinski definition) is 4. The highest BCUT2D eigenvalue weighted by Gasteiger charge is 2.65. The minimum absolute atomic E-state index is 0.0478. The molecule has 0 saturated carbocycles. The van der Waals surface area contributed by atoms with Crippen molar-refractivity contribution in [3.63, 3.8) is 0 Å². The van der Waals surface area contributed by atoms with Crippen molar-refractivity contribution in [2.24, 2.45) is 5.41 Å². The molecule has 4 rings (SSSR count). The van der Waals surface area contributed by atoms with Gasteiger partial charge in [-0.15, -0.1) is 0 Å². The van der Waals surface area contributed by atoms with Gasteiger partial charge in [-0.3, -0.25) is 9.59 Å². The molecular weight excluding hydrogens is 526 g/mol. The van der Waals surface area contributed by atoms with Crippen molar-refractivity contribution < 1.29 is 19.1 Å². The molecule has 0 aliphatic carbocycles. The van der Waals surface area contributed by atoms with Gasteiger partial charge in [0.25, 0.3) is 0 Å². The van der Waals surface area contributed by atoms with Gasteiger partial charge < -0.3 is 15.7 Å². The number of aliphatic hydroxyl groups is 1. The Hall–Kier alpha value is -1.99. The summed E-state index contributed by atoms with van der Waals surface area (Å²) >= 11 is 12.5. The van der Waals surface area contributed by atoms with E-state index in [-0.39, 0.29) is 28.5 Å². The second-order valence-electron chi connectivity index (χ2n) is 12.3. The molecule has 2 aliphatic rings. The third-order valence-corrected chi connectivity index (χ3v) is 8.68. The molecule has 206 valence electrons. The van der Waals surface area contributed by atoms with Crippen LogP contribution in [0.15, 0.2) is 36.4 Å². The number of carbonyl (C=O) groups is 2. The largest absolute Gasteiger partial charge is 0.390 e. The average Bonchev–Trinajstić information content (AvgIpc) is 3.28. The van der Waals surface area contributed by atoms with Gasteiger partial charge in [0.05, 0.1) is 16.7 Å². The summed E-state index contributed by atoms with van der Waals surface area (Å²) in [4.78, 5) is 28.0. The lowest BCUT2D eigenvalue weighted by Crippen LogP contribution is -2.49. The molecule has 5 nitrogen and oxygen atoms in total. The van der Waals surface area contributed by atoms with Crippen LogP contribution in [0.5, 0.6) is 0 Å². The predicted octanol–water partition coefficient (Wildman–Crippen LogP) is 6.78. The van der Waals surface area contributed by atoms with Crippen LogP contribution < -0.4 is 10.6 Å². The van der Waals surface area contributed by atoms with Gasteiger partial charge >= 0.3 is 0 Å². The normalized spacial score (nSPS) is 26.3. The molecule has 3 N–H and O–H groups in total. The van der Waals surface area contributed by atoms with E-state index in [1.165, 1.54) is 12.1 Å². The van der Waals surface area contributed by atoms with Gasteiger partial charge in [0.2, 0.25) is 5.91 Å². The zero-order valence-corrected chi connectivity index (χ0v) is 24.1. The maximum atomic E-state index is 15.0. The minimum Gasteiger partial charge on any atom is -0.390 e. The SMILES string of the molecule is CC[C@@](C)(O)CCCC(=O)[C@@H]1N[C@H](CC(C)(C)C)[C@]2(C(=O)Nc3cc(Cl)c(F)cc32)[C@H]1c1cccc(Cl)c1. The van der Waals surface area contributed by atoms with Crippen LogP contribution in [0.1, 0.15) is 83.8 Å². The van der Waals surface area contributed by atoms with Crippen molar-refractivity contribution in [3.8, 4) is 0 Å². The molecule has 2 aromatic rings. The summed E-state index contributed by atoms with van der Waals surface area (Å²) in [6, 6.07) is 8.84. The Morgan fingerprint density at radius 1 is 1.16 bits per heavy atom. The molecule has 1 spiro atoms. The van der Waals surface area contributed by atoms with Crippen molar-refractivity contribution in [1.82, 2.24) is 5.32 Å². The molecule has 2 heterocycles. The third-order valence-electron chi connectivity index (χ3n) is 8.16. The molecular formula is C30H37Cl2FN2O3. The molecule has 38 heavy (non-hydrogen) atoms. The Morgan fingerprint density at radius 3 is 2.50 bits per heavy atom. The Bertz CT molecular complexity index is 1240. The molecule has 2 aromatic carbocycles. The lowest BCUT2D eigenvalue weighted by atomic mass is 9.62. The fraction of sp³-hybridized carbons (Fsp3) is 0.533. The van der Waals surface area contributed by atoms with Crippen LogP contribution in [0.2, 0.25) is 10.0 Å². The second kappa shape index (κ2) is 10.5. The van der Waals surface area contributed by atoms with Crippen LogP contribution in [0.3, 0.4) is 0 Å². The van der Waals surface area contributed by atoms with Crippen molar-refractivity contribution in [2.45, 2.75) is 95.7 Å². The molecule has 0 bridgehead atoms. The first kappa shape index (κ1) is 29.0. The highest BCUT2D eigenvalue weighted by molar-refractivity contribution is 6.31. The Balaban J connectivity index is 1.87. The number of nitrogens with one attached hydrogen (secondary N) is 2. The molecule has 2 aliphatic heterocycles. The zero-order valence-electron chi connectivity index (χ0n) is 22.6. The molecule has 1 saturated heterocycles. The summed E-state index contributed by atoms with van der Waals surface area (Å²) in [6.45, 7) is 9.92. The van der Waals surface area contributed by atoms with E-state index >= 15 is 0 Å². The van der Waals surface area contributed by atoms with Crippen molar-refractivity contribution in [3.05, 3.63) is 63.4 Å². The van der Waals surface area contributed by atoms with Crippen LogP contribution in [0.25, 0.3) is 0 Å². The van der Waals surface area contributed by atoms with E-state index in [1.807, 2.05) is 13.0 Å². The number of rotatable bonds is 8. The number of benzene rings is 2. The molecule has 0 radical (unpaired) electrons. The third kappa shape index (κ3) is 5.38. The molecule has 8 heteroatoms. The van der Waals surface area contributed by atoms with Gasteiger partial charge in [0.15, 0.2) is 0 Å². The van der Waals surface area contributed by atoms with Crippen molar-refractivity contribution >= 4 is 40.6 Å². The molecule has 0 aromatic heterocycles. The van der Waals surface area contributed by atoms with Crippen molar-refractivity contribution in [1.29, 1.82) is 0 Å². The van der Waals surface area contributed by atoms with Crippen LogP contribution in [-0.2, 0) is 15.0 Å². The number of hydrogen-bond donors (Lipinski definition) is 3. The van der Waals surface area contributed by atoms with E-state index in [1.54, 1.807) is 25.1 Å². The highest BCUT2D eigenvalue weighted by atomic mass is 35.5. The van der Waals surface area contributed by atoms with Gasteiger partial charge in [-0.25, -0.2) is 4.39 Å². The minimum atomic E-state index is -1.26. The Morgan fingerprint density at radius 2 is 1.87 bits per heavy atom. The summed E-state index contributed by atoms with van der Waals surface area (Å²) in [5.41, 5.74) is -0.601. The van der Waals surface area contributed by atoms with Crippen LogP contribution in [0, 0.1) is 11.2 Å². The number of fused-ring (bicyclic) bond motifs is 2. The van der Waals surface area contributed by atoms with E-state index in [2.05, 4.69) is 31.4 Å². The Kier molecular flexibility index (Phi) is 8.04. The van der Waals surface area contributed by atoms with Crippen LogP contribution in [0.4, 0.5) is 10.1 Å². The van der Waals surface area contributed by atoms with Gasteiger partial charge in [-0.05, 0) is 73.4 Å². The first-order chi connectivity index (χ1) is 17.7. The lowest BCUT2D eigenvalue weighted by Gasteiger charge is -2.37. The first-order valence-electron chi connectivity index (χ1n) is 13.3. The number of ketones is 1. The summed E-state index contributed by atoms with van der Waals surface area (Å²) in [6.07, 6.45) is 2.41. The number of Topliss-reactive ketones (excluding diaryl/α,β-unsaturated/α-hetero) is 1. The van der Waals surface area contributed by atoms with E-state index < -0.39 is 34.8 Å². The number of halogens is 3. The van der Waals surface area contributed by atoms with E-state index in [9.17, 15) is 19.1 Å². The fourth-order valence-corrected chi connectivity index (χ4v) is 6.52. The standard InChI is InChI=1S/C30H37Cl2FN2O3/c1-6-29(5,38)12-8-11-23(36)26-25(17-9-7-10-18(31)13-17)30(24(35-26)16-28(2,3)4)19-14-21(33)20(32)15-22(19)34-27(30)37/h7,9-10,13-15,24-26,35,38H,6,8,11-12,16H2,1-5H3,(H,34,37)/t24-,25+,26+,29-,30+/m1/s1. The monoisotopic (exact) mass is 562 g/mol. The summed E-state index contributed by atoms with van der Waals surface area (Å²) in [7, 11) is 0. The number of amides is 1. The molecule has 1 fully saturated rings. The number of anilines is 1. The van der Waals surface area contributed by atoms with Crippen LogP contribution >= 0.6 is 23.2 Å². The average molecular weight is 564 g/mol. The second-order valence-corrected chi connectivity index (χ2v) is 13.1. The van der Waals surface area contributed by atoms with E-state index in [4.69, 9.17) is 23.2 Å². The van der Waals surface area contributed by atoms with Crippen molar-refractivity contribution in [2.75, 3.05) is 5.32 Å². The predicted molar refractivity (Wildman–Crippen MR) is 150 cm³/mol. The topological polar surface area (TPSA) is 78.4 Å². The summed E-state index contributed by atoms with van der Waals surface area (Å²) in [5, 5.41) is 17.4. The first-order valence-corrected chi connectivity index (χ1v) is 14.0. The van der Waals surface area contributed by atoms with Gasteiger partial charge in [0, 0.05) is 29.1 Å². The van der Waals surface area contributed by atoms with Gasteiger partial charge in [0.1, 0.15) is 17.0 Å².